The average Bonchev–Trinajstić information content (AvgIpc) is 2.73. The molecule has 0 heterocycles. The van der Waals surface area contributed by atoms with E-state index in [-0.39, 0.29) is 29.6 Å². The summed E-state index contributed by atoms with van der Waals surface area (Å²) >= 11 is 12.2. The highest BCUT2D eigenvalue weighted by molar-refractivity contribution is 7.92. The summed E-state index contributed by atoms with van der Waals surface area (Å²) in [7, 11) is -3.90. The monoisotopic (exact) mass is 545 g/mol. The topological polar surface area (TPSA) is 86.8 Å². The van der Waals surface area contributed by atoms with E-state index >= 15 is 0 Å². The number of nitrogens with zero attached hydrogens (tertiary/aromatic N) is 2. The van der Waals surface area contributed by atoms with Crippen molar-refractivity contribution in [2.24, 2.45) is 0 Å². The van der Waals surface area contributed by atoms with E-state index in [9.17, 15) is 22.4 Å². The number of sulfonamides is 1. The first kappa shape index (κ1) is 28.9. The summed E-state index contributed by atoms with van der Waals surface area (Å²) in [6.45, 7) is 6.64. The third kappa shape index (κ3) is 8.37. The van der Waals surface area contributed by atoms with Gasteiger partial charge in [0.2, 0.25) is 21.8 Å². The Balaban J connectivity index is 2.47. The molecule has 35 heavy (non-hydrogen) atoms. The number of hydrogen-bond donors (Lipinski definition) is 1. The Labute approximate surface area is 216 Å². The standard InChI is InChI=1S/C24H30Cl2FN3O4S/c1-6-21(23(32)28-24(2,3)4)29(14-16-7-12-19(25)20(26)13-16)22(31)15-30(35(5,33)34)18-10-8-17(27)9-11-18/h7-13,21H,6,14-15H2,1-5H3,(H,28,32). The van der Waals surface area contributed by atoms with Gasteiger partial charge in [-0.05, 0) is 69.2 Å². The van der Waals surface area contributed by atoms with Crippen molar-refractivity contribution in [2.45, 2.75) is 52.2 Å². The summed E-state index contributed by atoms with van der Waals surface area (Å²) in [6, 6.07) is 8.73. The average molecular weight is 546 g/mol. The van der Waals surface area contributed by atoms with E-state index in [0.717, 1.165) is 22.7 Å². The molecule has 2 aromatic rings. The van der Waals surface area contributed by atoms with Crippen molar-refractivity contribution >= 4 is 50.7 Å². The van der Waals surface area contributed by atoms with Crippen LogP contribution in [-0.2, 0) is 26.2 Å². The van der Waals surface area contributed by atoms with E-state index in [1.54, 1.807) is 25.1 Å². The number of amides is 2. The first-order valence-electron chi connectivity index (χ1n) is 10.9. The van der Waals surface area contributed by atoms with E-state index < -0.39 is 39.9 Å². The predicted molar refractivity (Wildman–Crippen MR) is 138 cm³/mol. The lowest BCUT2D eigenvalue weighted by molar-refractivity contribution is -0.141. The van der Waals surface area contributed by atoms with Gasteiger partial charge in [0.25, 0.3) is 0 Å². The molecule has 0 aliphatic heterocycles. The highest BCUT2D eigenvalue weighted by Gasteiger charge is 2.33. The Morgan fingerprint density at radius 1 is 1.06 bits per heavy atom. The molecule has 2 aromatic carbocycles. The number of benzene rings is 2. The molecule has 0 fully saturated rings. The third-order valence-electron chi connectivity index (χ3n) is 5.01. The third-order valence-corrected chi connectivity index (χ3v) is 6.89. The molecule has 1 atom stereocenters. The zero-order chi connectivity index (χ0) is 26.6. The number of hydrogen-bond acceptors (Lipinski definition) is 4. The molecule has 0 saturated heterocycles. The van der Waals surface area contributed by atoms with Gasteiger partial charge < -0.3 is 10.2 Å². The molecule has 7 nitrogen and oxygen atoms in total. The van der Waals surface area contributed by atoms with Crippen LogP contribution in [0.25, 0.3) is 0 Å². The Bertz CT molecular complexity index is 1170. The number of nitrogens with one attached hydrogen (secondary N) is 1. The van der Waals surface area contributed by atoms with Gasteiger partial charge in [-0.1, -0.05) is 36.2 Å². The van der Waals surface area contributed by atoms with Crippen LogP contribution in [0.2, 0.25) is 10.0 Å². The molecule has 1 unspecified atom stereocenters. The quantitative estimate of drug-likeness (QED) is 0.498. The number of carbonyl (C=O) groups is 2. The molecule has 2 rings (SSSR count). The lowest BCUT2D eigenvalue weighted by atomic mass is 10.1. The molecule has 2 amide bonds. The second-order valence-electron chi connectivity index (χ2n) is 9.18. The van der Waals surface area contributed by atoms with Crippen molar-refractivity contribution in [3.05, 3.63) is 63.9 Å². The molecule has 0 radical (unpaired) electrons. The fraction of sp³-hybridized carbons (Fsp3) is 0.417. The maximum Gasteiger partial charge on any atom is 0.244 e. The van der Waals surface area contributed by atoms with Crippen LogP contribution in [0.3, 0.4) is 0 Å². The predicted octanol–water partition coefficient (Wildman–Crippen LogP) is 4.62. The molecule has 192 valence electrons. The summed E-state index contributed by atoms with van der Waals surface area (Å²) in [6.07, 6.45) is 1.24. The maximum absolute atomic E-state index is 13.6. The molecular weight excluding hydrogens is 516 g/mol. The van der Waals surface area contributed by atoms with Crippen LogP contribution in [0.1, 0.15) is 39.7 Å². The Hall–Kier alpha value is -2.36. The van der Waals surface area contributed by atoms with E-state index in [0.29, 0.717) is 10.6 Å². The van der Waals surface area contributed by atoms with Crippen LogP contribution in [0.4, 0.5) is 10.1 Å². The smallest absolute Gasteiger partial charge is 0.244 e. The van der Waals surface area contributed by atoms with Crippen LogP contribution >= 0.6 is 23.2 Å². The number of anilines is 1. The van der Waals surface area contributed by atoms with Crippen LogP contribution in [0, 0.1) is 5.82 Å². The summed E-state index contributed by atoms with van der Waals surface area (Å²) in [5, 5.41) is 3.50. The molecule has 0 aliphatic carbocycles. The van der Waals surface area contributed by atoms with Crippen molar-refractivity contribution in [3.8, 4) is 0 Å². The van der Waals surface area contributed by atoms with Gasteiger partial charge in [0.05, 0.1) is 22.0 Å². The maximum atomic E-state index is 13.6. The van der Waals surface area contributed by atoms with Crippen LogP contribution in [-0.4, -0.2) is 49.5 Å². The van der Waals surface area contributed by atoms with Gasteiger partial charge in [-0.2, -0.15) is 0 Å². The molecule has 0 aliphatic rings. The fourth-order valence-corrected chi connectivity index (χ4v) is 4.60. The lowest BCUT2D eigenvalue weighted by Gasteiger charge is -2.34. The van der Waals surface area contributed by atoms with E-state index in [4.69, 9.17) is 23.2 Å². The van der Waals surface area contributed by atoms with Gasteiger partial charge >= 0.3 is 0 Å². The Morgan fingerprint density at radius 2 is 1.66 bits per heavy atom. The van der Waals surface area contributed by atoms with Crippen molar-refractivity contribution in [2.75, 3.05) is 17.1 Å². The molecule has 0 bridgehead atoms. The minimum Gasteiger partial charge on any atom is -0.350 e. The first-order chi connectivity index (χ1) is 16.1. The lowest BCUT2D eigenvalue weighted by Crippen LogP contribution is -2.55. The molecular formula is C24H30Cl2FN3O4S. The van der Waals surface area contributed by atoms with Gasteiger partial charge in [-0.15, -0.1) is 0 Å². The molecule has 0 saturated carbocycles. The summed E-state index contributed by atoms with van der Waals surface area (Å²) < 4.78 is 39.3. The Kier molecular flexibility index (Phi) is 9.56. The molecule has 11 heteroatoms. The zero-order valence-corrected chi connectivity index (χ0v) is 22.6. The van der Waals surface area contributed by atoms with E-state index in [1.165, 1.54) is 17.0 Å². The van der Waals surface area contributed by atoms with E-state index in [1.807, 2.05) is 20.8 Å². The van der Waals surface area contributed by atoms with Gasteiger partial charge in [0.1, 0.15) is 18.4 Å². The highest BCUT2D eigenvalue weighted by atomic mass is 35.5. The molecule has 1 N–H and O–H groups in total. The number of rotatable bonds is 9. The van der Waals surface area contributed by atoms with Gasteiger partial charge in [-0.3, -0.25) is 13.9 Å². The zero-order valence-electron chi connectivity index (χ0n) is 20.3. The minimum absolute atomic E-state index is 0.00713. The molecule has 0 spiro atoms. The number of halogens is 3. The number of carbonyl (C=O) groups excluding carboxylic acids is 2. The van der Waals surface area contributed by atoms with Crippen molar-refractivity contribution in [1.29, 1.82) is 0 Å². The summed E-state index contributed by atoms with van der Waals surface area (Å²) in [5.74, 6) is -1.53. The fourth-order valence-electron chi connectivity index (χ4n) is 3.43. The summed E-state index contributed by atoms with van der Waals surface area (Å²) in [4.78, 5) is 28.0. The highest BCUT2D eigenvalue weighted by Crippen LogP contribution is 2.25. The normalized spacial score (nSPS) is 12.7. The van der Waals surface area contributed by atoms with Crippen molar-refractivity contribution < 1.29 is 22.4 Å². The largest absolute Gasteiger partial charge is 0.350 e. The van der Waals surface area contributed by atoms with Crippen LogP contribution in [0.5, 0.6) is 0 Å². The second kappa shape index (κ2) is 11.6. The molecule has 0 aromatic heterocycles. The van der Waals surface area contributed by atoms with Crippen LogP contribution < -0.4 is 9.62 Å². The van der Waals surface area contributed by atoms with Gasteiger partial charge in [0.15, 0.2) is 0 Å². The van der Waals surface area contributed by atoms with Crippen LogP contribution in [0.15, 0.2) is 42.5 Å². The Morgan fingerprint density at radius 3 is 2.14 bits per heavy atom. The van der Waals surface area contributed by atoms with Gasteiger partial charge in [0, 0.05) is 12.1 Å². The van der Waals surface area contributed by atoms with Crippen molar-refractivity contribution in [3.63, 3.8) is 0 Å². The first-order valence-corrected chi connectivity index (χ1v) is 13.5. The summed E-state index contributed by atoms with van der Waals surface area (Å²) in [5.41, 5.74) is 0.196. The second-order valence-corrected chi connectivity index (χ2v) is 11.9. The van der Waals surface area contributed by atoms with Gasteiger partial charge in [-0.25, -0.2) is 12.8 Å². The minimum atomic E-state index is -3.90. The SMILES string of the molecule is CCC(C(=O)NC(C)(C)C)N(Cc1ccc(Cl)c(Cl)c1)C(=O)CN(c1ccc(F)cc1)S(C)(=O)=O. The van der Waals surface area contributed by atoms with Crippen molar-refractivity contribution in [1.82, 2.24) is 10.2 Å². The van der Waals surface area contributed by atoms with E-state index in [2.05, 4.69) is 5.32 Å².